The predicted molar refractivity (Wildman–Crippen MR) is 94.6 cm³/mol. The fraction of sp³-hybridized carbons (Fsp3) is 0.278. The first-order valence-corrected chi connectivity index (χ1v) is 8.01. The number of hydrogen-bond donors (Lipinski definition) is 1. The summed E-state index contributed by atoms with van der Waals surface area (Å²) in [4.78, 5) is 12.4. The Hall–Kier alpha value is -3.29. The minimum atomic E-state index is -0.164. The van der Waals surface area contributed by atoms with Gasteiger partial charge in [0.1, 0.15) is 0 Å². The van der Waals surface area contributed by atoms with E-state index in [0.717, 1.165) is 5.65 Å². The molecule has 0 aliphatic heterocycles. The molecule has 1 N–H and O–H groups in total. The third-order valence-electron chi connectivity index (χ3n) is 3.96. The number of rotatable bonds is 7. The van der Waals surface area contributed by atoms with Crippen molar-refractivity contribution in [2.75, 3.05) is 21.3 Å². The van der Waals surface area contributed by atoms with E-state index in [9.17, 15) is 4.79 Å². The summed E-state index contributed by atoms with van der Waals surface area (Å²) in [5.41, 5.74) is 1.44. The van der Waals surface area contributed by atoms with E-state index >= 15 is 0 Å². The molecule has 1 amide bonds. The number of nitrogens with one attached hydrogen (secondary N) is 1. The molecule has 0 atom stereocenters. The molecule has 0 fully saturated rings. The van der Waals surface area contributed by atoms with Crippen LogP contribution >= 0.6 is 0 Å². The van der Waals surface area contributed by atoms with E-state index in [1.54, 1.807) is 19.2 Å². The van der Waals surface area contributed by atoms with Gasteiger partial charge in [0.25, 0.3) is 0 Å². The number of fused-ring (bicyclic) bond motifs is 1. The largest absolute Gasteiger partial charge is 0.493 e. The van der Waals surface area contributed by atoms with Crippen molar-refractivity contribution in [3.8, 4) is 17.2 Å². The number of pyridine rings is 1. The van der Waals surface area contributed by atoms with Crippen molar-refractivity contribution in [1.29, 1.82) is 0 Å². The first-order chi connectivity index (χ1) is 12.7. The quantitative estimate of drug-likeness (QED) is 0.692. The van der Waals surface area contributed by atoms with Crippen molar-refractivity contribution >= 4 is 11.6 Å². The molecule has 1 aromatic carbocycles. The van der Waals surface area contributed by atoms with Gasteiger partial charge in [0, 0.05) is 11.8 Å². The monoisotopic (exact) mass is 356 g/mol. The normalized spacial score (nSPS) is 10.6. The van der Waals surface area contributed by atoms with Gasteiger partial charge in [-0.3, -0.25) is 9.20 Å². The zero-order valence-corrected chi connectivity index (χ0v) is 14.9. The topological polar surface area (TPSA) is 87.0 Å². The average Bonchev–Trinajstić information content (AvgIpc) is 3.09. The van der Waals surface area contributed by atoms with Gasteiger partial charge in [-0.2, -0.15) is 0 Å². The van der Waals surface area contributed by atoms with Crippen molar-refractivity contribution in [3.63, 3.8) is 0 Å². The van der Waals surface area contributed by atoms with E-state index in [-0.39, 0.29) is 18.9 Å². The summed E-state index contributed by atoms with van der Waals surface area (Å²) < 4.78 is 17.8. The number of ether oxygens (including phenoxy) is 3. The molecule has 0 unspecified atom stereocenters. The Bertz CT molecular complexity index is 923. The minimum absolute atomic E-state index is 0.139. The van der Waals surface area contributed by atoms with Crippen molar-refractivity contribution in [1.82, 2.24) is 19.9 Å². The Morgan fingerprint density at radius 3 is 2.58 bits per heavy atom. The number of aromatic nitrogens is 3. The van der Waals surface area contributed by atoms with Crippen LogP contribution in [0.5, 0.6) is 17.2 Å². The lowest BCUT2D eigenvalue weighted by molar-refractivity contribution is -0.120. The van der Waals surface area contributed by atoms with Crippen LogP contribution in [-0.2, 0) is 17.8 Å². The zero-order valence-electron chi connectivity index (χ0n) is 14.9. The average molecular weight is 356 g/mol. The molecule has 0 saturated carbocycles. The van der Waals surface area contributed by atoms with Gasteiger partial charge in [-0.05, 0) is 18.2 Å². The molecular weight excluding hydrogens is 336 g/mol. The van der Waals surface area contributed by atoms with Gasteiger partial charge in [0.15, 0.2) is 23.0 Å². The van der Waals surface area contributed by atoms with Crippen molar-refractivity contribution in [2.24, 2.45) is 0 Å². The van der Waals surface area contributed by atoms with Crippen molar-refractivity contribution in [3.05, 3.63) is 47.9 Å². The molecule has 26 heavy (non-hydrogen) atoms. The summed E-state index contributed by atoms with van der Waals surface area (Å²) in [5, 5.41) is 11.0. The standard InChI is InChI=1S/C18H20N4O4/c1-24-13-8-7-12(17(25-2)18(13)26-3)10-16(23)19-11-15-21-20-14-6-4-5-9-22(14)15/h4-9H,10-11H2,1-3H3,(H,19,23). The lowest BCUT2D eigenvalue weighted by Gasteiger charge is -2.15. The van der Waals surface area contributed by atoms with Crippen LogP contribution in [0.1, 0.15) is 11.4 Å². The summed E-state index contributed by atoms with van der Waals surface area (Å²) in [6.45, 7) is 0.277. The number of carbonyl (C=O) groups excluding carboxylic acids is 1. The number of nitrogens with zero attached hydrogens (tertiary/aromatic N) is 3. The molecule has 0 saturated heterocycles. The Labute approximate surface area is 150 Å². The Morgan fingerprint density at radius 2 is 1.85 bits per heavy atom. The first kappa shape index (κ1) is 17.5. The lowest BCUT2D eigenvalue weighted by atomic mass is 10.1. The fourth-order valence-electron chi connectivity index (χ4n) is 2.73. The third kappa shape index (κ3) is 3.39. The van der Waals surface area contributed by atoms with E-state index < -0.39 is 0 Å². The van der Waals surface area contributed by atoms with Gasteiger partial charge in [0.05, 0.1) is 34.3 Å². The molecule has 3 rings (SSSR count). The molecular formula is C18H20N4O4. The van der Waals surface area contributed by atoms with Crippen molar-refractivity contribution in [2.45, 2.75) is 13.0 Å². The smallest absolute Gasteiger partial charge is 0.224 e. The molecule has 136 valence electrons. The lowest BCUT2D eigenvalue weighted by Crippen LogP contribution is -2.25. The summed E-state index contributed by atoms with van der Waals surface area (Å²) in [6, 6.07) is 9.15. The molecule has 0 radical (unpaired) electrons. The summed E-state index contributed by atoms with van der Waals surface area (Å²) >= 11 is 0. The second-order valence-corrected chi connectivity index (χ2v) is 5.49. The van der Waals surface area contributed by atoms with Gasteiger partial charge in [0.2, 0.25) is 11.7 Å². The second kappa shape index (κ2) is 7.73. The van der Waals surface area contributed by atoms with Crippen LogP contribution in [0.15, 0.2) is 36.5 Å². The molecule has 8 heteroatoms. The fourth-order valence-corrected chi connectivity index (χ4v) is 2.73. The summed E-state index contributed by atoms with van der Waals surface area (Å²) in [6.07, 6.45) is 1.99. The number of amides is 1. The maximum atomic E-state index is 12.4. The highest BCUT2D eigenvalue weighted by atomic mass is 16.5. The van der Waals surface area contributed by atoms with Crippen LogP contribution in [0.25, 0.3) is 5.65 Å². The van der Waals surface area contributed by atoms with Crippen LogP contribution in [0.3, 0.4) is 0 Å². The Morgan fingerprint density at radius 1 is 1.04 bits per heavy atom. The minimum Gasteiger partial charge on any atom is -0.493 e. The maximum Gasteiger partial charge on any atom is 0.224 e. The van der Waals surface area contributed by atoms with Crippen LogP contribution in [0, 0.1) is 0 Å². The number of hydrogen-bond acceptors (Lipinski definition) is 6. The van der Waals surface area contributed by atoms with Gasteiger partial charge in [-0.15, -0.1) is 10.2 Å². The summed E-state index contributed by atoms with van der Waals surface area (Å²) in [7, 11) is 4.61. The Kier molecular flexibility index (Phi) is 5.21. The Balaban J connectivity index is 1.72. The predicted octanol–water partition coefficient (Wildman–Crippen LogP) is 1.61. The van der Waals surface area contributed by atoms with Crippen LogP contribution < -0.4 is 19.5 Å². The van der Waals surface area contributed by atoms with Gasteiger partial charge in [-0.1, -0.05) is 12.1 Å². The van der Waals surface area contributed by atoms with E-state index in [2.05, 4.69) is 15.5 Å². The molecule has 2 aromatic heterocycles. The summed E-state index contributed by atoms with van der Waals surface area (Å²) in [5.74, 6) is 1.98. The molecule has 2 heterocycles. The molecule has 0 spiro atoms. The molecule has 0 bridgehead atoms. The highest BCUT2D eigenvalue weighted by molar-refractivity contribution is 5.80. The second-order valence-electron chi connectivity index (χ2n) is 5.49. The van der Waals surface area contributed by atoms with Crippen molar-refractivity contribution < 1.29 is 19.0 Å². The molecule has 0 aliphatic rings. The van der Waals surface area contributed by atoms with E-state index in [4.69, 9.17) is 14.2 Å². The van der Waals surface area contributed by atoms with Gasteiger partial charge >= 0.3 is 0 Å². The number of benzene rings is 1. The zero-order chi connectivity index (χ0) is 18.5. The highest BCUT2D eigenvalue weighted by Crippen LogP contribution is 2.39. The third-order valence-corrected chi connectivity index (χ3v) is 3.96. The maximum absolute atomic E-state index is 12.4. The number of methoxy groups -OCH3 is 3. The van der Waals surface area contributed by atoms with Crippen LogP contribution in [0.4, 0.5) is 0 Å². The van der Waals surface area contributed by atoms with E-state index in [1.807, 2.05) is 28.8 Å². The SMILES string of the molecule is COc1ccc(CC(=O)NCc2nnc3ccccn23)c(OC)c1OC. The highest BCUT2D eigenvalue weighted by Gasteiger charge is 2.18. The number of carbonyl (C=O) groups is 1. The first-order valence-electron chi connectivity index (χ1n) is 8.01. The molecule has 3 aromatic rings. The van der Waals surface area contributed by atoms with Crippen LogP contribution in [-0.4, -0.2) is 41.8 Å². The van der Waals surface area contributed by atoms with E-state index in [0.29, 0.717) is 28.6 Å². The molecule has 8 nitrogen and oxygen atoms in total. The van der Waals surface area contributed by atoms with E-state index in [1.165, 1.54) is 14.2 Å². The van der Waals surface area contributed by atoms with Crippen LogP contribution in [0.2, 0.25) is 0 Å². The molecule has 0 aliphatic carbocycles. The van der Waals surface area contributed by atoms with Gasteiger partial charge < -0.3 is 19.5 Å². The van der Waals surface area contributed by atoms with Gasteiger partial charge in [-0.25, -0.2) is 0 Å².